The summed E-state index contributed by atoms with van der Waals surface area (Å²) in [6.45, 7) is 5.26. The molecule has 2 aliphatic rings. The first-order valence-electron chi connectivity index (χ1n) is 12.3. The van der Waals surface area contributed by atoms with Crippen LogP contribution in [-0.2, 0) is 16.1 Å². The van der Waals surface area contributed by atoms with Crippen LogP contribution in [0, 0.1) is 5.92 Å². The molecule has 0 aromatic heterocycles. The molecule has 0 radical (unpaired) electrons. The highest BCUT2D eigenvalue weighted by Crippen LogP contribution is 2.32. The van der Waals surface area contributed by atoms with Gasteiger partial charge in [-0.15, -0.1) is 0 Å². The summed E-state index contributed by atoms with van der Waals surface area (Å²) in [5.74, 6) is 0.605. The Morgan fingerprint density at radius 1 is 0.971 bits per heavy atom. The van der Waals surface area contributed by atoms with Crippen LogP contribution >= 0.6 is 0 Å². The minimum atomic E-state index is -0.222. The molecule has 3 aromatic rings. The van der Waals surface area contributed by atoms with Crippen LogP contribution in [0.15, 0.2) is 60.7 Å². The average molecular weight is 474 g/mol. The molecule has 0 unspecified atom stereocenters. The van der Waals surface area contributed by atoms with Crippen LogP contribution < -0.4 is 15.4 Å². The minimum absolute atomic E-state index is 0.0174. The van der Waals surface area contributed by atoms with Gasteiger partial charge in [0.2, 0.25) is 5.91 Å². The number of hydrogen-bond donors (Lipinski definition) is 2. The zero-order valence-electron chi connectivity index (χ0n) is 19.8. The highest BCUT2D eigenvalue weighted by Gasteiger charge is 2.30. The molecule has 0 atom stereocenters. The van der Waals surface area contributed by atoms with E-state index in [4.69, 9.17) is 9.47 Å². The van der Waals surface area contributed by atoms with Crippen LogP contribution in [0.1, 0.15) is 28.8 Å². The Bertz CT molecular complexity index is 1200. The fourth-order valence-electron chi connectivity index (χ4n) is 4.25. The van der Waals surface area contributed by atoms with E-state index < -0.39 is 0 Å². The van der Waals surface area contributed by atoms with Crippen molar-refractivity contribution in [2.45, 2.75) is 19.4 Å². The first-order valence-corrected chi connectivity index (χ1v) is 12.3. The Kier molecular flexibility index (Phi) is 7.25. The van der Waals surface area contributed by atoms with E-state index in [1.165, 1.54) is 0 Å². The summed E-state index contributed by atoms with van der Waals surface area (Å²) in [5.41, 5.74) is 1.97. The Hall–Kier alpha value is -3.42. The molecule has 1 aliphatic heterocycles. The molecule has 5 rings (SSSR count). The molecule has 3 aromatic carbocycles. The van der Waals surface area contributed by atoms with Crippen LogP contribution in [-0.4, -0.2) is 56.2 Å². The highest BCUT2D eigenvalue weighted by molar-refractivity contribution is 6.08. The number of nitrogens with zero attached hydrogens (tertiary/aromatic N) is 1. The Morgan fingerprint density at radius 3 is 2.51 bits per heavy atom. The lowest BCUT2D eigenvalue weighted by atomic mass is 10.0. The van der Waals surface area contributed by atoms with E-state index in [1.54, 1.807) is 0 Å². The van der Waals surface area contributed by atoms with Crippen molar-refractivity contribution in [1.82, 2.24) is 10.2 Å². The molecule has 1 heterocycles. The summed E-state index contributed by atoms with van der Waals surface area (Å²) in [6, 6.07) is 19.3. The van der Waals surface area contributed by atoms with E-state index in [1.807, 2.05) is 60.7 Å². The maximum atomic E-state index is 13.2. The quantitative estimate of drug-likeness (QED) is 0.494. The van der Waals surface area contributed by atoms with Crippen molar-refractivity contribution in [3.05, 3.63) is 71.8 Å². The van der Waals surface area contributed by atoms with Gasteiger partial charge in [-0.25, -0.2) is 0 Å². The van der Waals surface area contributed by atoms with E-state index in [9.17, 15) is 9.59 Å². The zero-order valence-corrected chi connectivity index (χ0v) is 19.8. The molecule has 7 nitrogen and oxygen atoms in total. The first kappa shape index (κ1) is 23.3. The van der Waals surface area contributed by atoms with Crippen LogP contribution in [0.5, 0.6) is 5.75 Å². The Morgan fingerprint density at radius 2 is 1.74 bits per heavy atom. The number of benzene rings is 3. The highest BCUT2D eigenvalue weighted by atomic mass is 16.5. The monoisotopic (exact) mass is 473 g/mol. The number of amides is 2. The molecule has 182 valence electrons. The molecule has 2 fully saturated rings. The number of carbonyl (C=O) groups is 2. The lowest BCUT2D eigenvalue weighted by Crippen LogP contribution is -2.38. The third kappa shape index (κ3) is 6.18. The van der Waals surface area contributed by atoms with Gasteiger partial charge >= 0.3 is 0 Å². The Labute approximate surface area is 205 Å². The molecule has 0 bridgehead atoms. The number of rotatable bonds is 9. The van der Waals surface area contributed by atoms with E-state index in [0.29, 0.717) is 24.4 Å². The normalized spacial score (nSPS) is 16.1. The molecular formula is C28H31N3O4. The van der Waals surface area contributed by atoms with Crippen LogP contribution in [0.2, 0.25) is 0 Å². The van der Waals surface area contributed by atoms with Crippen molar-refractivity contribution in [1.29, 1.82) is 0 Å². The summed E-state index contributed by atoms with van der Waals surface area (Å²) in [4.78, 5) is 27.9. The maximum Gasteiger partial charge on any atom is 0.253 e. The number of ether oxygens (including phenoxy) is 2. The number of fused-ring (bicyclic) bond motifs is 1. The van der Waals surface area contributed by atoms with Gasteiger partial charge in [0.15, 0.2) is 0 Å². The van der Waals surface area contributed by atoms with Crippen molar-refractivity contribution in [3.8, 4) is 5.75 Å². The maximum absolute atomic E-state index is 13.2. The van der Waals surface area contributed by atoms with Gasteiger partial charge in [0.1, 0.15) is 12.4 Å². The van der Waals surface area contributed by atoms with Crippen molar-refractivity contribution in [2.24, 2.45) is 5.92 Å². The predicted molar refractivity (Wildman–Crippen MR) is 136 cm³/mol. The van der Waals surface area contributed by atoms with Crippen LogP contribution in [0.3, 0.4) is 0 Å². The second-order valence-electron chi connectivity index (χ2n) is 9.14. The van der Waals surface area contributed by atoms with E-state index in [0.717, 1.165) is 67.8 Å². The molecule has 2 amide bonds. The van der Waals surface area contributed by atoms with Crippen molar-refractivity contribution < 1.29 is 19.1 Å². The Balaban J connectivity index is 1.22. The fourth-order valence-corrected chi connectivity index (χ4v) is 4.25. The SMILES string of the molecule is O=C(NCc1cccc(OCCN2CCOCC2)c1)c1cc2ccccc2cc1NC(=O)C1CC1. The fraction of sp³-hybridized carbons (Fsp3) is 0.357. The molecule has 7 heteroatoms. The molecule has 0 spiro atoms. The van der Waals surface area contributed by atoms with E-state index >= 15 is 0 Å². The molecule has 1 saturated carbocycles. The van der Waals surface area contributed by atoms with Crippen molar-refractivity contribution in [3.63, 3.8) is 0 Å². The third-order valence-electron chi connectivity index (χ3n) is 6.47. The number of nitrogens with one attached hydrogen (secondary N) is 2. The van der Waals surface area contributed by atoms with Gasteiger partial charge in [-0.2, -0.15) is 0 Å². The van der Waals surface area contributed by atoms with Gasteiger partial charge in [0, 0.05) is 32.1 Å². The van der Waals surface area contributed by atoms with Gasteiger partial charge in [0.25, 0.3) is 5.91 Å². The largest absolute Gasteiger partial charge is 0.492 e. The number of morpholine rings is 1. The van der Waals surface area contributed by atoms with E-state index in [-0.39, 0.29) is 17.7 Å². The number of hydrogen-bond acceptors (Lipinski definition) is 5. The van der Waals surface area contributed by atoms with Gasteiger partial charge < -0.3 is 20.1 Å². The number of anilines is 1. The van der Waals surface area contributed by atoms with Gasteiger partial charge in [-0.05, 0) is 53.4 Å². The minimum Gasteiger partial charge on any atom is -0.492 e. The lowest BCUT2D eigenvalue weighted by molar-refractivity contribution is -0.117. The smallest absolute Gasteiger partial charge is 0.253 e. The summed E-state index contributed by atoms with van der Waals surface area (Å²) >= 11 is 0. The van der Waals surface area contributed by atoms with Crippen LogP contribution in [0.4, 0.5) is 5.69 Å². The van der Waals surface area contributed by atoms with Gasteiger partial charge in [-0.3, -0.25) is 14.5 Å². The summed E-state index contributed by atoms with van der Waals surface area (Å²) in [7, 11) is 0. The molecule has 2 N–H and O–H groups in total. The third-order valence-corrected chi connectivity index (χ3v) is 6.47. The predicted octanol–water partition coefficient (Wildman–Crippen LogP) is 3.83. The summed E-state index contributed by atoms with van der Waals surface area (Å²) in [6.07, 6.45) is 1.82. The second-order valence-corrected chi connectivity index (χ2v) is 9.14. The molecular weight excluding hydrogens is 442 g/mol. The average Bonchev–Trinajstić information content (AvgIpc) is 3.74. The summed E-state index contributed by atoms with van der Waals surface area (Å²) < 4.78 is 11.3. The lowest BCUT2D eigenvalue weighted by Gasteiger charge is -2.26. The van der Waals surface area contributed by atoms with E-state index in [2.05, 4.69) is 15.5 Å². The van der Waals surface area contributed by atoms with Crippen molar-refractivity contribution in [2.75, 3.05) is 44.8 Å². The molecule has 1 aliphatic carbocycles. The first-order chi connectivity index (χ1) is 17.2. The van der Waals surface area contributed by atoms with Gasteiger partial charge in [0.05, 0.1) is 24.5 Å². The van der Waals surface area contributed by atoms with Crippen molar-refractivity contribution >= 4 is 28.3 Å². The molecule has 35 heavy (non-hydrogen) atoms. The summed E-state index contributed by atoms with van der Waals surface area (Å²) in [5, 5.41) is 7.92. The zero-order chi connectivity index (χ0) is 24.0. The molecule has 1 saturated heterocycles. The standard InChI is InChI=1S/C28H31N3O4/c32-27(21-8-9-21)30-26-18-23-6-2-1-5-22(23)17-25(26)28(33)29-19-20-4-3-7-24(16-20)35-15-12-31-10-13-34-14-11-31/h1-7,16-18,21H,8-15,19H2,(H,29,33)(H,30,32). The number of carbonyl (C=O) groups excluding carboxylic acids is 2. The second kappa shape index (κ2) is 10.9. The van der Waals surface area contributed by atoms with Gasteiger partial charge in [-0.1, -0.05) is 36.4 Å². The topological polar surface area (TPSA) is 79.9 Å². The van der Waals surface area contributed by atoms with Crippen LogP contribution in [0.25, 0.3) is 10.8 Å².